The molecule has 0 aliphatic carbocycles. The number of nitrogens with one attached hydrogen (secondary N) is 2. The molecule has 3 aromatic rings. The van der Waals surface area contributed by atoms with Crippen molar-refractivity contribution in [3.05, 3.63) is 60.2 Å². The van der Waals surface area contributed by atoms with Crippen molar-refractivity contribution in [1.82, 2.24) is 19.8 Å². The number of anilines is 3. The van der Waals surface area contributed by atoms with Gasteiger partial charge in [0, 0.05) is 49.9 Å². The number of fused-ring (bicyclic) bond motifs is 2. The van der Waals surface area contributed by atoms with Crippen LogP contribution in [0.1, 0.15) is 6.42 Å². The zero-order chi connectivity index (χ0) is 27.4. The first-order valence-electron chi connectivity index (χ1n) is 12.6. The Kier molecular flexibility index (Phi) is 8.20. The van der Waals surface area contributed by atoms with E-state index in [9.17, 15) is 14.0 Å². The molecule has 2 aromatic carbocycles. The van der Waals surface area contributed by atoms with Gasteiger partial charge >= 0.3 is 5.97 Å². The Hall–Kier alpha value is -3.80. The Balaban J connectivity index is 1.29. The van der Waals surface area contributed by atoms with Gasteiger partial charge in [0.25, 0.3) is 0 Å². The second-order valence-corrected chi connectivity index (χ2v) is 9.66. The number of cyclic esters (lactones) is 1. The molecule has 2 aliphatic heterocycles. The molecule has 12 heteroatoms. The quantitative estimate of drug-likeness (QED) is 0.233. The van der Waals surface area contributed by atoms with E-state index in [0.29, 0.717) is 53.6 Å². The van der Waals surface area contributed by atoms with Crippen molar-refractivity contribution < 1.29 is 23.5 Å². The Morgan fingerprint density at radius 1 is 1.26 bits per heavy atom. The van der Waals surface area contributed by atoms with Crippen LogP contribution >= 0.6 is 11.6 Å². The number of nitrogens with zero attached hydrogens (tertiary/aromatic N) is 4. The molecule has 1 unspecified atom stereocenters. The highest BCUT2D eigenvalue weighted by atomic mass is 35.5. The minimum atomic E-state index is -0.523. The predicted molar refractivity (Wildman–Crippen MR) is 146 cm³/mol. The average Bonchev–Trinajstić information content (AvgIpc) is 2.94. The molecular weight excluding hydrogens is 527 g/mol. The normalized spacial score (nSPS) is 17.8. The van der Waals surface area contributed by atoms with E-state index in [0.717, 1.165) is 32.6 Å². The molecule has 2 saturated heterocycles. The second kappa shape index (κ2) is 11.9. The third kappa shape index (κ3) is 6.27. The molecular formula is C27H28ClFN6O4. The fourth-order valence-electron chi connectivity index (χ4n) is 4.70. The van der Waals surface area contributed by atoms with Crippen molar-refractivity contribution in [2.75, 3.05) is 56.6 Å². The number of rotatable bonds is 9. The fraction of sp³-hybridized carbons (Fsp3) is 0.333. The van der Waals surface area contributed by atoms with Gasteiger partial charge in [0.2, 0.25) is 5.91 Å². The monoisotopic (exact) mass is 554 g/mol. The highest BCUT2D eigenvalue weighted by Gasteiger charge is 2.35. The van der Waals surface area contributed by atoms with Gasteiger partial charge in [-0.1, -0.05) is 18.2 Å². The lowest BCUT2D eigenvalue weighted by molar-refractivity contribution is -0.161. The summed E-state index contributed by atoms with van der Waals surface area (Å²) in [5, 5.41) is 6.50. The summed E-state index contributed by atoms with van der Waals surface area (Å²) < 4.78 is 24.9. The SMILES string of the molecule is C=CC(=O)Nc1cc2c(Nc3ccc(F)c(Cl)c3)ncnc2cc1OCCCN1CCN2CCOC(=O)C2C1. The van der Waals surface area contributed by atoms with Crippen molar-refractivity contribution in [1.29, 1.82) is 0 Å². The van der Waals surface area contributed by atoms with Gasteiger partial charge in [-0.15, -0.1) is 0 Å². The zero-order valence-electron chi connectivity index (χ0n) is 21.2. The molecule has 1 aromatic heterocycles. The molecule has 1 atom stereocenters. The first-order valence-corrected chi connectivity index (χ1v) is 13.0. The molecule has 0 saturated carbocycles. The smallest absolute Gasteiger partial charge is 0.324 e. The second-order valence-electron chi connectivity index (χ2n) is 9.26. The molecule has 39 heavy (non-hydrogen) atoms. The Labute approximate surface area is 229 Å². The van der Waals surface area contributed by atoms with E-state index in [1.807, 2.05) is 0 Å². The topological polar surface area (TPSA) is 109 Å². The summed E-state index contributed by atoms with van der Waals surface area (Å²) in [7, 11) is 0. The van der Waals surface area contributed by atoms with Gasteiger partial charge in [0.15, 0.2) is 0 Å². The summed E-state index contributed by atoms with van der Waals surface area (Å²) >= 11 is 5.92. The minimum Gasteiger partial charge on any atom is -0.491 e. The number of carbonyl (C=O) groups excluding carboxylic acids is 2. The number of esters is 1. The summed E-state index contributed by atoms with van der Waals surface area (Å²) in [6.07, 6.45) is 3.29. The van der Waals surface area contributed by atoms with Gasteiger partial charge in [-0.3, -0.25) is 19.4 Å². The highest BCUT2D eigenvalue weighted by Crippen LogP contribution is 2.34. The summed E-state index contributed by atoms with van der Waals surface area (Å²) in [5.41, 5.74) is 1.56. The van der Waals surface area contributed by atoms with E-state index < -0.39 is 11.7 Å². The Morgan fingerprint density at radius 2 is 2.13 bits per heavy atom. The summed E-state index contributed by atoms with van der Waals surface area (Å²) in [6, 6.07) is 7.51. The van der Waals surface area contributed by atoms with Gasteiger partial charge in [-0.05, 0) is 36.8 Å². The fourth-order valence-corrected chi connectivity index (χ4v) is 4.88. The molecule has 3 heterocycles. The van der Waals surface area contributed by atoms with Crippen LogP contribution in [0.4, 0.5) is 21.6 Å². The number of ether oxygens (including phenoxy) is 2. The minimum absolute atomic E-state index is 0.0199. The lowest BCUT2D eigenvalue weighted by Gasteiger charge is -2.42. The summed E-state index contributed by atoms with van der Waals surface area (Å²) in [5.74, 6) is -0.172. The van der Waals surface area contributed by atoms with Gasteiger partial charge in [0.05, 0.1) is 22.8 Å². The highest BCUT2D eigenvalue weighted by molar-refractivity contribution is 6.31. The maximum atomic E-state index is 13.6. The number of carbonyl (C=O) groups is 2. The van der Waals surface area contributed by atoms with Crippen LogP contribution in [-0.2, 0) is 14.3 Å². The maximum absolute atomic E-state index is 13.6. The number of halogens is 2. The zero-order valence-corrected chi connectivity index (χ0v) is 21.9. The maximum Gasteiger partial charge on any atom is 0.324 e. The van der Waals surface area contributed by atoms with Crippen LogP contribution in [-0.4, -0.2) is 83.6 Å². The molecule has 2 fully saturated rings. The molecule has 204 valence electrons. The standard InChI is InChI=1S/C27H28ClFN6O4/c1-2-25(36)33-22-13-18-21(30-16-31-26(18)32-17-4-5-20(29)19(28)12-17)14-24(22)38-10-3-6-34-7-8-35-9-11-39-27(37)23(35)15-34/h2,4-5,12-14,16,23H,1,3,6-11,15H2,(H,33,36)(H,30,31,32). The van der Waals surface area contributed by atoms with Gasteiger partial charge < -0.3 is 20.1 Å². The number of amides is 1. The van der Waals surface area contributed by atoms with Crippen molar-refractivity contribution in [3.63, 3.8) is 0 Å². The number of aromatic nitrogens is 2. The van der Waals surface area contributed by atoms with Crippen LogP contribution in [0.3, 0.4) is 0 Å². The Morgan fingerprint density at radius 3 is 2.95 bits per heavy atom. The first-order chi connectivity index (χ1) is 18.9. The van der Waals surface area contributed by atoms with Crippen molar-refractivity contribution in [2.45, 2.75) is 12.5 Å². The van der Waals surface area contributed by atoms with E-state index in [2.05, 4.69) is 37.0 Å². The van der Waals surface area contributed by atoms with Gasteiger partial charge in [-0.25, -0.2) is 14.4 Å². The third-order valence-electron chi connectivity index (χ3n) is 6.71. The molecule has 2 N–H and O–H groups in total. The van der Waals surface area contributed by atoms with E-state index >= 15 is 0 Å². The molecule has 0 spiro atoms. The molecule has 0 bridgehead atoms. The lowest BCUT2D eigenvalue weighted by Crippen LogP contribution is -2.60. The van der Waals surface area contributed by atoms with Crippen LogP contribution in [0, 0.1) is 5.82 Å². The third-order valence-corrected chi connectivity index (χ3v) is 7.00. The molecule has 10 nitrogen and oxygen atoms in total. The predicted octanol–water partition coefficient (Wildman–Crippen LogP) is 3.60. The van der Waals surface area contributed by atoms with E-state index in [-0.39, 0.29) is 17.0 Å². The number of benzene rings is 2. The Bertz CT molecular complexity index is 1410. The van der Waals surface area contributed by atoms with Gasteiger partial charge in [0.1, 0.15) is 36.4 Å². The molecule has 1 amide bonds. The van der Waals surface area contributed by atoms with Crippen LogP contribution in [0.2, 0.25) is 5.02 Å². The molecule has 2 aliphatic rings. The van der Waals surface area contributed by atoms with E-state index in [1.54, 1.807) is 18.2 Å². The number of piperazine rings is 1. The van der Waals surface area contributed by atoms with E-state index in [1.165, 1.54) is 24.5 Å². The number of morpholine rings is 1. The van der Waals surface area contributed by atoms with Gasteiger partial charge in [-0.2, -0.15) is 0 Å². The van der Waals surface area contributed by atoms with Crippen molar-refractivity contribution in [2.24, 2.45) is 0 Å². The number of hydrogen-bond acceptors (Lipinski definition) is 9. The lowest BCUT2D eigenvalue weighted by atomic mass is 10.1. The summed E-state index contributed by atoms with van der Waals surface area (Å²) in [6.45, 7) is 8.28. The first kappa shape index (κ1) is 26.8. The summed E-state index contributed by atoms with van der Waals surface area (Å²) in [4.78, 5) is 37.4. The molecule has 0 radical (unpaired) electrons. The molecule has 5 rings (SSSR count). The van der Waals surface area contributed by atoms with Crippen LogP contribution < -0.4 is 15.4 Å². The van der Waals surface area contributed by atoms with Crippen molar-refractivity contribution >= 4 is 51.6 Å². The largest absolute Gasteiger partial charge is 0.491 e. The van der Waals surface area contributed by atoms with Crippen LogP contribution in [0.25, 0.3) is 10.9 Å². The average molecular weight is 555 g/mol. The van der Waals surface area contributed by atoms with Crippen LogP contribution in [0.15, 0.2) is 49.3 Å². The van der Waals surface area contributed by atoms with Crippen LogP contribution in [0.5, 0.6) is 5.75 Å². The van der Waals surface area contributed by atoms with E-state index in [4.69, 9.17) is 21.1 Å². The van der Waals surface area contributed by atoms with Crippen molar-refractivity contribution in [3.8, 4) is 5.75 Å². The number of hydrogen-bond donors (Lipinski definition) is 2.